The Morgan fingerprint density at radius 3 is 2.53 bits per heavy atom. The van der Waals surface area contributed by atoms with E-state index >= 15 is 0 Å². The summed E-state index contributed by atoms with van der Waals surface area (Å²) in [5.74, 6) is -1.41. The van der Waals surface area contributed by atoms with Crippen LogP contribution in [0, 0.1) is 18.6 Å². The highest BCUT2D eigenvalue weighted by Gasteiger charge is 2.11. The van der Waals surface area contributed by atoms with Crippen molar-refractivity contribution < 1.29 is 17.6 Å². The van der Waals surface area contributed by atoms with E-state index in [0.29, 0.717) is 5.56 Å². The molecule has 1 rings (SSSR count). The molecule has 1 N–H and O–H groups in total. The van der Waals surface area contributed by atoms with Crippen LogP contribution in [0.3, 0.4) is 0 Å². The molecular weight excluding hydrogens is 210 g/mol. The maximum Gasteiger partial charge on any atom is 0.250 e. The Morgan fingerprint density at radius 2 is 1.93 bits per heavy atom. The molecule has 0 aliphatic heterocycles. The lowest BCUT2D eigenvalue weighted by molar-refractivity contribution is 0.145. The van der Waals surface area contributed by atoms with Gasteiger partial charge in [0, 0.05) is 12.1 Å². The van der Waals surface area contributed by atoms with E-state index in [0.717, 1.165) is 6.07 Å². The lowest BCUT2D eigenvalue weighted by Gasteiger charge is -2.08. The fourth-order valence-electron chi connectivity index (χ4n) is 1.18. The van der Waals surface area contributed by atoms with Crippen LogP contribution in [-0.4, -0.2) is 13.0 Å². The average Bonchev–Trinajstić information content (AvgIpc) is 2.17. The minimum absolute atomic E-state index is 0.198. The third kappa shape index (κ3) is 3.20. The van der Waals surface area contributed by atoms with E-state index < -0.39 is 24.6 Å². The second-order valence-electron chi connectivity index (χ2n) is 3.18. The summed E-state index contributed by atoms with van der Waals surface area (Å²) in [6.07, 6.45) is -2.53. The predicted octanol–water partition coefficient (Wildman–Crippen LogP) is 2.63. The van der Waals surface area contributed by atoms with Crippen LogP contribution in [0.1, 0.15) is 11.1 Å². The highest BCUT2D eigenvalue weighted by Crippen LogP contribution is 2.15. The van der Waals surface area contributed by atoms with Crippen molar-refractivity contribution in [2.24, 2.45) is 0 Å². The topological polar surface area (TPSA) is 12.0 Å². The summed E-state index contributed by atoms with van der Waals surface area (Å²) in [5, 5.41) is 2.28. The van der Waals surface area contributed by atoms with Crippen LogP contribution < -0.4 is 5.32 Å². The van der Waals surface area contributed by atoms with Crippen LogP contribution in [0.2, 0.25) is 0 Å². The van der Waals surface area contributed by atoms with Gasteiger partial charge in [-0.2, -0.15) is 0 Å². The van der Waals surface area contributed by atoms with Gasteiger partial charge in [-0.15, -0.1) is 0 Å². The maximum absolute atomic E-state index is 13.3. The first-order valence-electron chi connectivity index (χ1n) is 4.44. The Morgan fingerprint density at radius 1 is 1.27 bits per heavy atom. The molecule has 0 amide bonds. The van der Waals surface area contributed by atoms with E-state index in [4.69, 9.17) is 0 Å². The van der Waals surface area contributed by atoms with Crippen molar-refractivity contribution >= 4 is 0 Å². The number of aryl methyl sites for hydroxylation is 1. The highest BCUT2D eigenvalue weighted by molar-refractivity contribution is 5.26. The summed E-state index contributed by atoms with van der Waals surface area (Å²) in [6, 6.07) is 2.43. The first kappa shape index (κ1) is 12.0. The number of alkyl halides is 2. The molecule has 5 heteroatoms. The van der Waals surface area contributed by atoms with Gasteiger partial charge in [0.25, 0.3) is 6.43 Å². The van der Waals surface area contributed by atoms with Crippen LogP contribution in [-0.2, 0) is 6.54 Å². The van der Waals surface area contributed by atoms with Crippen molar-refractivity contribution in [2.45, 2.75) is 19.9 Å². The van der Waals surface area contributed by atoms with Crippen molar-refractivity contribution in [1.82, 2.24) is 5.32 Å². The molecular formula is C10H11F4N. The summed E-state index contributed by atoms with van der Waals surface area (Å²) in [6.45, 7) is 0.682. The number of nitrogens with one attached hydrogen (secondary N) is 1. The van der Waals surface area contributed by atoms with Crippen LogP contribution in [0.15, 0.2) is 12.1 Å². The number of benzene rings is 1. The number of hydrogen-bond acceptors (Lipinski definition) is 1. The fourth-order valence-corrected chi connectivity index (χ4v) is 1.18. The Balaban J connectivity index is 2.71. The maximum atomic E-state index is 13.3. The molecule has 0 spiro atoms. The second kappa shape index (κ2) is 5.11. The number of rotatable bonds is 4. The van der Waals surface area contributed by atoms with Crippen molar-refractivity contribution in [2.75, 3.05) is 6.54 Å². The largest absolute Gasteiger partial charge is 0.307 e. The lowest BCUT2D eigenvalue weighted by Crippen LogP contribution is -2.22. The molecule has 84 valence electrons. The second-order valence-corrected chi connectivity index (χ2v) is 3.18. The van der Waals surface area contributed by atoms with Gasteiger partial charge in [0.05, 0.1) is 6.54 Å². The molecule has 0 radical (unpaired) electrons. The highest BCUT2D eigenvalue weighted by atomic mass is 19.3. The summed E-state index contributed by atoms with van der Waals surface area (Å²) in [7, 11) is 0. The quantitative estimate of drug-likeness (QED) is 0.770. The van der Waals surface area contributed by atoms with Crippen molar-refractivity contribution in [3.05, 3.63) is 34.9 Å². The van der Waals surface area contributed by atoms with Crippen molar-refractivity contribution in [3.63, 3.8) is 0 Å². The molecule has 0 heterocycles. The average molecular weight is 221 g/mol. The first-order chi connectivity index (χ1) is 7.02. The minimum atomic E-state index is -2.53. The predicted molar refractivity (Wildman–Crippen MR) is 48.8 cm³/mol. The summed E-state index contributed by atoms with van der Waals surface area (Å²) in [5.41, 5.74) is 0.0981. The molecule has 0 atom stereocenters. The van der Waals surface area contributed by atoms with Gasteiger partial charge in [0.1, 0.15) is 11.6 Å². The smallest absolute Gasteiger partial charge is 0.250 e. The van der Waals surface area contributed by atoms with Crippen LogP contribution in [0.5, 0.6) is 0 Å². The van der Waals surface area contributed by atoms with Gasteiger partial charge < -0.3 is 5.32 Å². The van der Waals surface area contributed by atoms with E-state index in [9.17, 15) is 17.6 Å². The molecule has 1 aromatic carbocycles. The van der Waals surface area contributed by atoms with E-state index in [-0.39, 0.29) is 12.1 Å². The zero-order chi connectivity index (χ0) is 11.4. The van der Waals surface area contributed by atoms with Crippen molar-refractivity contribution in [3.8, 4) is 0 Å². The van der Waals surface area contributed by atoms with Gasteiger partial charge in [-0.3, -0.25) is 0 Å². The number of halogens is 4. The Kier molecular flexibility index (Phi) is 4.08. The van der Waals surface area contributed by atoms with E-state index in [1.54, 1.807) is 0 Å². The SMILES string of the molecule is Cc1ccc(F)c(CNCC(F)F)c1F. The zero-order valence-electron chi connectivity index (χ0n) is 8.16. The standard InChI is InChI=1S/C10H11F4N/c1-6-2-3-8(11)7(10(6)14)4-15-5-9(12)13/h2-3,9,15H,4-5H2,1H3. The molecule has 1 nitrogen and oxygen atoms in total. The van der Waals surface area contributed by atoms with E-state index in [1.165, 1.54) is 13.0 Å². The third-order valence-electron chi connectivity index (χ3n) is 1.98. The van der Waals surface area contributed by atoms with Crippen LogP contribution >= 0.6 is 0 Å². The van der Waals surface area contributed by atoms with Gasteiger partial charge >= 0.3 is 0 Å². The molecule has 15 heavy (non-hydrogen) atoms. The Bertz CT molecular complexity index is 338. The van der Waals surface area contributed by atoms with E-state index in [2.05, 4.69) is 5.32 Å². The molecule has 0 aliphatic carbocycles. The van der Waals surface area contributed by atoms with Gasteiger partial charge in [-0.05, 0) is 18.6 Å². The normalized spacial score (nSPS) is 11.1. The van der Waals surface area contributed by atoms with Gasteiger partial charge in [-0.1, -0.05) is 6.07 Å². The third-order valence-corrected chi connectivity index (χ3v) is 1.98. The zero-order valence-corrected chi connectivity index (χ0v) is 8.16. The molecule has 0 aromatic heterocycles. The monoisotopic (exact) mass is 221 g/mol. The Labute approximate surface area is 85.1 Å². The molecule has 0 aliphatic rings. The molecule has 0 fully saturated rings. The number of hydrogen-bond donors (Lipinski definition) is 1. The fraction of sp³-hybridized carbons (Fsp3) is 0.400. The lowest BCUT2D eigenvalue weighted by atomic mass is 10.1. The van der Waals surface area contributed by atoms with Gasteiger partial charge in [0.15, 0.2) is 0 Å². The summed E-state index contributed by atoms with van der Waals surface area (Å²) in [4.78, 5) is 0. The van der Waals surface area contributed by atoms with Crippen LogP contribution in [0.25, 0.3) is 0 Å². The molecule has 0 saturated carbocycles. The van der Waals surface area contributed by atoms with Crippen LogP contribution in [0.4, 0.5) is 17.6 Å². The Hall–Kier alpha value is -1.10. The van der Waals surface area contributed by atoms with Crippen molar-refractivity contribution in [1.29, 1.82) is 0 Å². The van der Waals surface area contributed by atoms with Gasteiger partial charge in [-0.25, -0.2) is 17.6 Å². The molecule has 0 unspecified atom stereocenters. The molecule has 0 saturated heterocycles. The summed E-state index contributed by atoms with van der Waals surface area (Å²) >= 11 is 0. The van der Waals surface area contributed by atoms with E-state index in [1.807, 2.05) is 0 Å². The molecule has 1 aromatic rings. The first-order valence-corrected chi connectivity index (χ1v) is 4.44. The van der Waals surface area contributed by atoms with Gasteiger partial charge in [0.2, 0.25) is 0 Å². The minimum Gasteiger partial charge on any atom is -0.307 e. The summed E-state index contributed by atoms with van der Waals surface area (Å²) < 4.78 is 49.9. The molecule has 0 bridgehead atoms.